The Morgan fingerprint density at radius 1 is 1.53 bits per heavy atom. The molecule has 1 saturated heterocycles. The van der Waals surface area contributed by atoms with Crippen LogP contribution in [0, 0.1) is 0 Å². The summed E-state index contributed by atoms with van der Waals surface area (Å²) in [6, 6.07) is 2.33. The second-order valence-electron chi connectivity index (χ2n) is 5.04. The molecular formula is C12H18N6O. The summed E-state index contributed by atoms with van der Waals surface area (Å²) in [6.07, 6.45) is 5.28. The van der Waals surface area contributed by atoms with E-state index < -0.39 is 0 Å². The van der Waals surface area contributed by atoms with E-state index in [1.54, 1.807) is 6.07 Å². The molecule has 3 rings (SSSR count). The average Bonchev–Trinajstić information content (AvgIpc) is 2.79. The van der Waals surface area contributed by atoms with Gasteiger partial charge in [0.2, 0.25) is 0 Å². The van der Waals surface area contributed by atoms with Crippen molar-refractivity contribution in [3.8, 4) is 0 Å². The summed E-state index contributed by atoms with van der Waals surface area (Å²) in [7, 11) is 2.16. The maximum Gasteiger partial charge on any atom is 0.348 e. The minimum Gasteiger partial charge on any atom is -0.368 e. The molecule has 0 amide bonds. The van der Waals surface area contributed by atoms with Gasteiger partial charge in [0.1, 0.15) is 12.1 Å². The molecule has 2 aromatic rings. The zero-order chi connectivity index (χ0) is 13.2. The number of likely N-dealkylation sites (N-methyl/N-ethyl adjacent to an activating group) is 1. The highest BCUT2D eigenvalue weighted by Crippen LogP contribution is 2.15. The van der Waals surface area contributed by atoms with Crippen molar-refractivity contribution in [1.82, 2.24) is 24.5 Å². The first-order valence-corrected chi connectivity index (χ1v) is 6.61. The van der Waals surface area contributed by atoms with Gasteiger partial charge in [0, 0.05) is 18.7 Å². The van der Waals surface area contributed by atoms with Gasteiger partial charge in [-0.3, -0.25) is 0 Å². The molecule has 0 aromatic carbocycles. The number of hydrogen-bond acceptors (Lipinski definition) is 5. The smallest absolute Gasteiger partial charge is 0.348 e. The largest absolute Gasteiger partial charge is 0.368 e. The van der Waals surface area contributed by atoms with Crippen LogP contribution < -0.4 is 11.0 Å². The monoisotopic (exact) mass is 262 g/mol. The molecule has 1 atom stereocenters. The topological polar surface area (TPSA) is 78.3 Å². The number of H-pyrrole nitrogens is 1. The molecule has 102 valence electrons. The van der Waals surface area contributed by atoms with Gasteiger partial charge < -0.3 is 10.2 Å². The molecule has 0 spiro atoms. The van der Waals surface area contributed by atoms with E-state index in [-0.39, 0.29) is 5.69 Å². The van der Waals surface area contributed by atoms with Gasteiger partial charge in [0.25, 0.3) is 0 Å². The maximum atomic E-state index is 11.3. The third-order valence-corrected chi connectivity index (χ3v) is 3.75. The SMILES string of the molecule is CN1CCCCC1CNc1cc2n[nH]c(=O)n2cn1. The van der Waals surface area contributed by atoms with Crippen LogP contribution in [0.25, 0.3) is 5.65 Å². The first-order valence-electron chi connectivity index (χ1n) is 6.61. The summed E-state index contributed by atoms with van der Waals surface area (Å²) < 4.78 is 1.39. The lowest BCUT2D eigenvalue weighted by Gasteiger charge is -2.32. The summed E-state index contributed by atoms with van der Waals surface area (Å²) in [5.74, 6) is 0.755. The number of fused-ring (bicyclic) bond motifs is 1. The number of aromatic amines is 1. The Hall–Kier alpha value is -1.89. The molecule has 1 unspecified atom stereocenters. The zero-order valence-corrected chi connectivity index (χ0v) is 11.0. The molecule has 0 radical (unpaired) electrons. The molecule has 2 aromatic heterocycles. The van der Waals surface area contributed by atoms with Crippen LogP contribution in [0.4, 0.5) is 5.82 Å². The third kappa shape index (κ3) is 2.46. The van der Waals surface area contributed by atoms with Crippen molar-refractivity contribution in [3.63, 3.8) is 0 Å². The number of nitrogens with zero attached hydrogens (tertiary/aromatic N) is 4. The van der Waals surface area contributed by atoms with Crippen LogP contribution in [-0.2, 0) is 0 Å². The van der Waals surface area contributed by atoms with Crippen molar-refractivity contribution in [2.24, 2.45) is 0 Å². The van der Waals surface area contributed by atoms with Gasteiger partial charge in [-0.2, -0.15) is 5.10 Å². The van der Waals surface area contributed by atoms with E-state index in [9.17, 15) is 4.79 Å². The van der Waals surface area contributed by atoms with Gasteiger partial charge >= 0.3 is 5.69 Å². The quantitative estimate of drug-likeness (QED) is 0.832. The highest BCUT2D eigenvalue weighted by Gasteiger charge is 2.18. The molecule has 1 aliphatic heterocycles. The molecule has 0 aliphatic carbocycles. The van der Waals surface area contributed by atoms with Crippen LogP contribution in [-0.4, -0.2) is 50.7 Å². The summed E-state index contributed by atoms with van der Waals surface area (Å²) in [4.78, 5) is 17.9. The first kappa shape index (κ1) is 12.2. The lowest BCUT2D eigenvalue weighted by molar-refractivity contribution is 0.194. The lowest BCUT2D eigenvalue weighted by Crippen LogP contribution is -2.40. The first-order chi connectivity index (χ1) is 9.24. The van der Waals surface area contributed by atoms with E-state index in [0.29, 0.717) is 11.7 Å². The fourth-order valence-electron chi connectivity index (χ4n) is 2.53. The third-order valence-electron chi connectivity index (χ3n) is 3.75. The molecule has 7 nitrogen and oxygen atoms in total. The number of hydrogen-bond donors (Lipinski definition) is 2. The van der Waals surface area contributed by atoms with E-state index in [2.05, 4.69) is 32.4 Å². The molecule has 1 fully saturated rings. The molecule has 0 bridgehead atoms. The standard InChI is InChI=1S/C12H18N6O/c1-17-5-3-2-4-9(17)7-13-10-6-11-15-16-12(19)18(11)8-14-10/h6,8-9,13H,2-5,7H2,1H3,(H,16,19). The van der Waals surface area contributed by atoms with Crippen LogP contribution in [0.5, 0.6) is 0 Å². The second kappa shape index (κ2) is 5.00. The van der Waals surface area contributed by atoms with Crippen molar-refractivity contribution < 1.29 is 0 Å². The summed E-state index contributed by atoms with van der Waals surface area (Å²) >= 11 is 0. The van der Waals surface area contributed by atoms with E-state index >= 15 is 0 Å². The van der Waals surface area contributed by atoms with E-state index in [4.69, 9.17) is 0 Å². The van der Waals surface area contributed by atoms with Crippen molar-refractivity contribution in [2.75, 3.05) is 25.5 Å². The summed E-state index contributed by atoms with van der Waals surface area (Å²) in [6.45, 7) is 2.03. The molecule has 3 heterocycles. The minimum absolute atomic E-state index is 0.263. The molecule has 0 saturated carbocycles. The molecular weight excluding hydrogens is 244 g/mol. The van der Waals surface area contributed by atoms with Gasteiger partial charge in [-0.05, 0) is 26.4 Å². The predicted octanol–water partition coefficient (Wildman–Crippen LogP) is 0.314. The Balaban J connectivity index is 1.69. The minimum atomic E-state index is -0.263. The second-order valence-corrected chi connectivity index (χ2v) is 5.04. The van der Waals surface area contributed by atoms with Crippen LogP contribution in [0.1, 0.15) is 19.3 Å². The highest BCUT2D eigenvalue weighted by atomic mass is 16.1. The van der Waals surface area contributed by atoms with Crippen LogP contribution in [0.15, 0.2) is 17.2 Å². The summed E-state index contributed by atoms with van der Waals surface area (Å²) in [5.41, 5.74) is 0.320. The number of rotatable bonds is 3. The number of piperidine rings is 1. The molecule has 2 N–H and O–H groups in total. The normalized spacial score (nSPS) is 20.8. The van der Waals surface area contributed by atoms with E-state index in [1.165, 1.54) is 30.0 Å². The fourth-order valence-corrected chi connectivity index (χ4v) is 2.53. The number of nitrogens with one attached hydrogen (secondary N) is 2. The van der Waals surface area contributed by atoms with E-state index in [0.717, 1.165) is 18.9 Å². The highest BCUT2D eigenvalue weighted by molar-refractivity contribution is 5.48. The van der Waals surface area contributed by atoms with Gasteiger partial charge in [-0.1, -0.05) is 6.42 Å². The fraction of sp³-hybridized carbons (Fsp3) is 0.583. The van der Waals surface area contributed by atoms with Crippen LogP contribution in [0.3, 0.4) is 0 Å². The van der Waals surface area contributed by atoms with Gasteiger partial charge in [-0.25, -0.2) is 19.3 Å². The number of anilines is 1. The molecule has 7 heteroatoms. The Morgan fingerprint density at radius 2 is 2.42 bits per heavy atom. The zero-order valence-electron chi connectivity index (χ0n) is 11.0. The van der Waals surface area contributed by atoms with Gasteiger partial charge in [-0.15, -0.1) is 0 Å². The average molecular weight is 262 g/mol. The lowest BCUT2D eigenvalue weighted by atomic mass is 10.0. The van der Waals surface area contributed by atoms with Gasteiger partial charge in [0.05, 0.1) is 0 Å². The Kier molecular flexibility index (Phi) is 3.20. The summed E-state index contributed by atoms with van der Waals surface area (Å²) in [5, 5.41) is 9.65. The van der Waals surface area contributed by atoms with Crippen molar-refractivity contribution in [1.29, 1.82) is 0 Å². The van der Waals surface area contributed by atoms with Crippen LogP contribution >= 0.6 is 0 Å². The molecule has 1 aliphatic rings. The van der Waals surface area contributed by atoms with E-state index in [1.807, 2.05) is 0 Å². The van der Waals surface area contributed by atoms with Gasteiger partial charge in [0.15, 0.2) is 5.65 Å². The van der Waals surface area contributed by atoms with Crippen molar-refractivity contribution >= 4 is 11.5 Å². The Morgan fingerprint density at radius 3 is 3.26 bits per heavy atom. The van der Waals surface area contributed by atoms with Crippen LogP contribution in [0.2, 0.25) is 0 Å². The molecule has 19 heavy (non-hydrogen) atoms. The predicted molar refractivity (Wildman–Crippen MR) is 72.4 cm³/mol. The Bertz CT molecular complexity index is 618. The Labute approximate surface area is 110 Å². The number of likely N-dealkylation sites (tertiary alicyclic amines) is 1. The number of aromatic nitrogens is 4. The van der Waals surface area contributed by atoms with Crippen molar-refractivity contribution in [2.45, 2.75) is 25.3 Å². The maximum absolute atomic E-state index is 11.3. The van der Waals surface area contributed by atoms with Crippen molar-refractivity contribution in [3.05, 3.63) is 22.9 Å².